The second kappa shape index (κ2) is 7.62. The summed E-state index contributed by atoms with van der Waals surface area (Å²) in [6, 6.07) is 0.258. The van der Waals surface area contributed by atoms with E-state index in [0.717, 1.165) is 32.5 Å². The minimum Gasteiger partial charge on any atom is -0.347 e. The molecular weight excluding hydrogens is 254 g/mol. The number of hydrogen-bond acceptors (Lipinski definition) is 3. The van der Waals surface area contributed by atoms with Crippen LogP contribution >= 0.6 is 0 Å². The zero-order valence-corrected chi connectivity index (χ0v) is 12.5. The van der Waals surface area contributed by atoms with Gasteiger partial charge in [0.25, 0.3) is 0 Å². The van der Waals surface area contributed by atoms with Crippen molar-refractivity contribution in [3.63, 3.8) is 0 Å². The smallest absolute Gasteiger partial charge is 0.241 e. The number of nitrogens with zero attached hydrogens (tertiary/aromatic N) is 1. The van der Waals surface area contributed by atoms with E-state index in [1.54, 1.807) is 0 Å². The van der Waals surface area contributed by atoms with E-state index >= 15 is 0 Å². The van der Waals surface area contributed by atoms with Gasteiger partial charge in [0, 0.05) is 25.6 Å². The molecule has 2 heterocycles. The monoisotopic (exact) mass is 281 g/mol. The SMILES string of the molecule is CC1CCCNC1CC(=O)NCC(=O)N1CCCCC1. The molecule has 2 rings (SSSR count). The highest BCUT2D eigenvalue weighted by Gasteiger charge is 2.23. The van der Waals surface area contributed by atoms with Gasteiger partial charge in [0.1, 0.15) is 0 Å². The van der Waals surface area contributed by atoms with Crippen molar-refractivity contribution in [2.45, 2.75) is 51.5 Å². The van der Waals surface area contributed by atoms with Gasteiger partial charge in [-0.1, -0.05) is 6.92 Å². The lowest BCUT2D eigenvalue weighted by atomic mass is 9.90. The van der Waals surface area contributed by atoms with E-state index in [-0.39, 0.29) is 24.4 Å². The van der Waals surface area contributed by atoms with Gasteiger partial charge < -0.3 is 15.5 Å². The molecule has 20 heavy (non-hydrogen) atoms. The summed E-state index contributed by atoms with van der Waals surface area (Å²) in [5.41, 5.74) is 0. The zero-order valence-electron chi connectivity index (χ0n) is 12.5. The van der Waals surface area contributed by atoms with Crippen molar-refractivity contribution in [2.75, 3.05) is 26.2 Å². The lowest BCUT2D eigenvalue weighted by Crippen LogP contribution is -2.46. The highest BCUT2D eigenvalue weighted by molar-refractivity contribution is 5.85. The molecule has 0 aromatic heterocycles. The molecule has 2 N–H and O–H groups in total. The van der Waals surface area contributed by atoms with Crippen LogP contribution in [0, 0.1) is 5.92 Å². The number of carbonyl (C=O) groups excluding carboxylic acids is 2. The van der Waals surface area contributed by atoms with Crippen molar-refractivity contribution in [1.82, 2.24) is 15.5 Å². The highest BCUT2D eigenvalue weighted by Crippen LogP contribution is 2.17. The van der Waals surface area contributed by atoms with Crippen molar-refractivity contribution in [3.05, 3.63) is 0 Å². The zero-order chi connectivity index (χ0) is 14.4. The third-order valence-corrected chi connectivity index (χ3v) is 4.48. The molecule has 0 radical (unpaired) electrons. The van der Waals surface area contributed by atoms with E-state index in [9.17, 15) is 9.59 Å². The Labute approximate surface area is 121 Å². The van der Waals surface area contributed by atoms with E-state index in [1.165, 1.54) is 19.3 Å². The quantitative estimate of drug-likeness (QED) is 0.804. The maximum Gasteiger partial charge on any atom is 0.241 e. The Kier molecular flexibility index (Phi) is 5.83. The first-order chi connectivity index (χ1) is 9.66. The van der Waals surface area contributed by atoms with Gasteiger partial charge in [0.2, 0.25) is 11.8 Å². The molecule has 5 nitrogen and oxygen atoms in total. The summed E-state index contributed by atoms with van der Waals surface area (Å²) in [6.07, 6.45) is 6.23. The summed E-state index contributed by atoms with van der Waals surface area (Å²) >= 11 is 0. The largest absolute Gasteiger partial charge is 0.347 e. The first-order valence-electron chi connectivity index (χ1n) is 7.94. The number of rotatable bonds is 4. The van der Waals surface area contributed by atoms with Gasteiger partial charge in [-0.3, -0.25) is 9.59 Å². The minimum atomic E-state index is -0.0124. The van der Waals surface area contributed by atoms with Gasteiger partial charge >= 0.3 is 0 Å². The van der Waals surface area contributed by atoms with E-state index in [4.69, 9.17) is 0 Å². The molecule has 2 unspecified atom stereocenters. The lowest BCUT2D eigenvalue weighted by molar-refractivity contribution is -0.133. The average molecular weight is 281 g/mol. The molecular formula is C15H27N3O2. The van der Waals surface area contributed by atoms with Gasteiger partial charge in [-0.15, -0.1) is 0 Å². The summed E-state index contributed by atoms with van der Waals surface area (Å²) in [5, 5.41) is 6.17. The Bertz CT molecular complexity index is 340. The van der Waals surface area contributed by atoms with Crippen molar-refractivity contribution in [1.29, 1.82) is 0 Å². The highest BCUT2D eigenvalue weighted by atomic mass is 16.2. The van der Waals surface area contributed by atoms with Crippen LogP contribution in [0.15, 0.2) is 0 Å². The van der Waals surface area contributed by atoms with Crippen LogP contribution in [0.5, 0.6) is 0 Å². The number of hydrogen-bond donors (Lipinski definition) is 2. The van der Waals surface area contributed by atoms with Crippen LogP contribution in [-0.2, 0) is 9.59 Å². The second-order valence-corrected chi connectivity index (χ2v) is 6.10. The first-order valence-corrected chi connectivity index (χ1v) is 7.94. The Morgan fingerprint density at radius 3 is 2.65 bits per heavy atom. The van der Waals surface area contributed by atoms with Crippen LogP contribution in [0.3, 0.4) is 0 Å². The molecule has 2 saturated heterocycles. The van der Waals surface area contributed by atoms with E-state index < -0.39 is 0 Å². The summed E-state index contributed by atoms with van der Waals surface area (Å²) in [4.78, 5) is 25.7. The molecule has 0 spiro atoms. The van der Waals surface area contributed by atoms with E-state index in [0.29, 0.717) is 12.3 Å². The van der Waals surface area contributed by atoms with Crippen LogP contribution in [0.2, 0.25) is 0 Å². The number of nitrogens with one attached hydrogen (secondary N) is 2. The molecule has 0 aromatic carbocycles. The summed E-state index contributed by atoms with van der Waals surface area (Å²) < 4.78 is 0. The van der Waals surface area contributed by atoms with Crippen molar-refractivity contribution < 1.29 is 9.59 Å². The summed E-state index contributed by atoms with van der Waals surface area (Å²) in [7, 11) is 0. The molecule has 114 valence electrons. The number of likely N-dealkylation sites (tertiary alicyclic amines) is 1. The number of piperidine rings is 2. The molecule has 2 atom stereocenters. The van der Waals surface area contributed by atoms with Crippen LogP contribution in [0.4, 0.5) is 0 Å². The molecule has 0 aromatic rings. The fraction of sp³-hybridized carbons (Fsp3) is 0.867. The third kappa shape index (κ3) is 4.47. The predicted octanol–water partition coefficient (Wildman–Crippen LogP) is 0.893. The van der Waals surface area contributed by atoms with Crippen LogP contribution in [-0.4, -0.2) is 48.9 Å². The maximum atomic E-state index is 12.0. The normalized spacial score (nSPS) is 27.1. The van der Waals surface area contributed by atoms with Crippen LogP contribution in [0.25, 0.3) is 0 Å². The Morgan fingerprint density at radius 1 is 1.20 bits per heavy atom. The van der Waals surface area contributed by atoms with Gasteiger partial charge in [-0.2, -0.15) is 0 Å². The van der Waals surface area contributed by atoms with Gasteiger partial charge in [0.15, 0.2) is 0 Å². The molecule has 2 aliphatic heterocycles. The predicted molar refractivity (Wildman–Crippen MR) is 78.2 cm³/mol. The maximum absolute atomic E-state index is 12.0. The first kappa shape index (κ1) is 15.3. The average Bonchev–Trinajstić information content (AvgIpc) is 2.48. The van der Waals surface area contributed by atoms with Gasteiger partial charge in [0.05, 0.1) is 6.54 Å². The Balaban J connectivity index is 1.67. The Morgan fingerprint density at radius 2 is 1.95 bits per heavy atom. The van der Waals surface area contributed by atoms with Crippen LogP contribution < -0.4 is 10.6 Å². The van der Waals surface area contributed by atoms with E-state index in [2.05, 4.69) is 17.6 Å². The molecule has 2 aliphatic rings. The fourth-order valence-corrected chi connectivity index (χ4v) is 3.09. The fourth-order valence-electron chi connectivity index (χ4n) is 3.09. The summed E-state index contributed by atoms with van der Waals surface area (Å²) in [5.74, 6) is 0.580. The molecule has 0 aliphatic carbocycles. The van der Waals surface area contributed by atoms with Gasteiger partial charge in [-0.05, 0) is 44.6 Å². The van der Waals surface area contributed by atoms with Crippen molar-refractivity contribution in [3.8, 4) is 0 Å². The molecule has 2 fully saturated rings. The second-order valence-electron chi connectivity index (χ2n) is 6.10. The molecule has 0 bridgehead atoms. The minimum absolute atomic E-state index is 0.0124. The van der Waals surface area contributed by atoms with Crippen LogP contribution in [0.1, 0.15) is 45.4 Å². The van der Waals surface area contributed by atoms with Gasteiger partial charge in [-0.25, -0.2) is 0 Å². The molecule has 0 saturated carbocycles. The topological polar surface area (TPSA) is 61.4 Å². The molecule has 2 amide bonds. The standard InChI is InChI=1S/C15H27N3O2/c1-12-6-5-7-16-13(12)10-14(19)17-11-15(20)18-8-3-2-4-9-18/h12-13,16H,2-11H2,1H3,(H,17,19). The summed E-state index contributed by atoms with van der Waals surface area (Å²) in [6.45, 7) is 5.02. The van der Waals surface area contributed by atoms with E-state index in [1.807, 2.05) is 4.90 Å². The molecule has 5 heteroatoms. The Hall–Kier alpha value is -1.10. The number of carbonyl (C=O) groups is 2. The lowest BCUT2D eigenvalue weighted by Gasteiger charge is -2.30. The van der Waals surface area contributed by atoms with Crippen molar-refractivity contribution in [2.24, 2.45) is 5.92 Å². The number of amides is 2. The van der Waals surface area contributed by atoms with Crippen molar-refractivity contribution >= 4 is 11.8 Å². The third-order valence-electron chi connectivity index (χ3n) is 4.48.